The number of rotatable bonds is 13. The highest BCUT2D eigenvalue weighted by atomic mass is 16.2. The highest BCUT2D eigenvalue weighted by molar-refractivity contribution is 6.06. The Morgan fingerprint density at radius 2 is 1.41 bits per heavy atom. The molecule has 0 radical (unpaired) electrons. The molecule has 5 amide bonds. The van der Waals surface area contributed by atoms with Crippen LogP contribution >= 0.6 is 0 Å². The summed E-state index contributed by atoms with van der Waals surface area (Å²) in [5.41, 5.74) is 2.50. The quantitative estimate of drug-likeness (QED) is 0.225. The van der Waals surface area contributed by atoms with Crippen molar-refractivity contribution in [1.29, 1.82) is 0 Å². The molecule has 0 aromatic heterocycles. The van der Waals surface area contributed by atoms with Crippen LogP contribution in [0.2, 0.25) is 0 Å². The summed E-state index contributed by atoms with van der Waals surface area (Å²) in [5.74, 6) is -2.11. The Morgan fingerprint density at radius 3 is 2.02 bits per heavy atom. The fraction of sp³-hybridized carbons (Fsp3) is 0.400. The molecule has 44 heavy (non-hydrogen) atoms. The second-order valence-electron chi connectivity index (χ2n) is 11.5. The standard InChI is InChI=1S/C35H44N4O5/c1-24(2)32(34(43)36-26(4)33(42)37-28-20-18-25(3)19-21-28)38-30(40)17-13-10-14-22-39-31(41)23-29(35(39)44)27-15-11-8-6-5-7-9-12-16-27/h5-9,11-12,15-16,18-21,24,26,29,32H,10,13-14,17,22-23H2,1-4H3,(H,36,43)(H,37,42)(H,38,40)/t26-,29?,32?/m0/s1. The number of imide groups is 1. The third-order valence-electron chi connectivity index (χ3n) is 7.51. The number of anilines is 1. The lowest BCUT2D eigenvalue weighted by Crippen LogP contribution is -2.53. The summed E-state index contributed by atoms with van der Waals surface area (Å²) >= 11 is 0. The minimum Gasteiger partial charge on any atom is -0.344 e. The zero-order valence-electron chi connectivity index (χ0n) is 26.0. The van der Waals surface area contributed by atoms with Gasteiger partial charge >= 0.3 is 0 Å². The molecule has 0 spiro atoms. The number of nitrogens with zero attached hydrogens (tertiary/aromatic N) is 1. The molecule has 234 valence electrons. The molecule has 2 aromatic rings. The van der Waals surface area contributed by atoms with Gasteiger partial charge in [-0.2, -0.15) is 0 Å². The Bertz CT molecular complexity index is 1350. The number of benzene rings is 1. The monoisotopic (exact) mass is 600 g/mol. The molecule has 1 fully saturated rings. The zero-order valence-corrected chi connectivity index (χ0v) is 26.0. The van der Waals surface area contributed by atoms with Gasteiger partial charge in [-0.15, -0.1) is 0 Å². The summed E-state index contributed by atoms with van der Waals surface area (Å²) in [6.07, 6.45) is 2.13. The van der Waals surface area contributed by atoms with Gasteiger partial charge in [-0.1, -0.05) is 92.6 Å². The maximum Gasteiger partial charge on any atom is 0.246 e. The van der Waals surface area contributed by atoms with E-state index < -0.39 is 23.9 Å². The van der Waals surface area contributed by atoms with Crippen LogP contribution < -0.4 is 16.0 Å². The predicted octanol–water partition coefficient (Wildman–Crippen LogP) is 4.81. The molecule has 1 saturated heterocycles. The first-order valence-corrected chi connectivity index (χ1v) is 15.3. The van der Waals surface area contributed by atoms with Crippen LogP contribution in [0.3, 0.4) is 0 Å². The number of amides is 5. The van der Waals surface area contributed by atoms with Crippen LogP contribution in [-0.2, 0) is 24.0 Å². The van der Waals surface area contributed by atoms with Crippen LogP contribution in [0, 0.1) is 12.8 Å². The van der Waals surface area contributed by atoms with E-state index in [1.807, 2.05) is 87.5 Å². The van der Waals surface area contributed by atoms with Crippen LogP contribution in [0.25, 0.3) is 0 Å². The molecule has 3 N–H and O–H groups in total. The van der Waals surface area contributed by atoms with Gasteiger partial charge in [-0.05, 0) is 50.3 Å². The molecule has 2 aromatic carbocycles. The molecule has 1 heterocycles. The van der Waals surface area contributed by atoms with Gasteiger partial charge in [-0.25, -0.2) is 0 Å². The van der Waals surface area contributed by atoms with Gasteiger partial charge in [0, 0.05) is 25.1 Å². The van der Waals surface area contributed by atoms with E-state index in [1.54, 1.807) is 19.1 Å². The van der Waals surface area contributed by atoms with Gasteiger partial charge in [0.1, 0.15) is 12.1 Å². The van der Waals surface area contributed by atoms with Gasteiger partial charge in [0.15, 0.2) is 0 Å². The third kappa shape index (κ3) is 10.3. The second kappa shape index (κ2) is 16.9. The van der Waals surface area contributed by atoms with E-state index in [0.717, 1.165) is 11.1 Å². The van der Waals surface area contributed by atoms with Gasteiger partial charge in [-0.3, -0.25) is 28.9 Å². The zero-order chi connectivity index (χ0) is 32.1. The molecule has 3 atom stereocenters. The van der Waals surface area contributed by atoms with Crippen molar-refractivity contribution in [2.75, 3.05) is 11.9 Å². The number of likely N-dealkylation sites (tertiary alicyclic amines) is 1. The van der Waals surface area contributed by atoms with Gasteiger partial charge < -0.3 is 16.0 Å². The number of aryl methyl sites for hydroxylation is 1. The average Bonchev–Trinajstić information content (AvgIpc) is 3.27. The molecular formula is C35H44N4O5. The Hall–Kier alpha value is -4.53. The molecule has 9 nitrogen and oxygen atoms in total. The van der Waals surface area contributed by atoms with Crippen molar-refractivity contribution in [1.82, 2.24) is 15.5 Å². The van der Waals surface area contributed by atoms with Crippen molar-refractivity contribution in [3.63, 3.8) is 0 Å². The molecule has 0 saturated carbocycles. The minimum atomic E-state index is -0.795. The summed E-state index contributed by atoms with van der Waals surface area (Å²) in [6, 6.07) is 22.7. The minimum absolute atomic E-state index is 0.149. The second-order valence-corrected chi connectivity index (χ2v) is 11.5. The number of hydrogen-bond donors (Lipinski definition) is 3. The highest BCUT2D eigenvalue weighted by Gasteiger charge is 2.38. The lowest BCUT2D eigenvalue weighted by atomic mass is 9.99. The van der Waals surface area contributed by atoms with Crippen LogP contribution in [-0.4, -0.2) is 53.1 Å². The third-order valence-corrected chi connectivity index (χ3v) is 7.51. The molecule has 0 bridgehead atoms. The van der Waals surface area contributed by atoms with Crippen LogP contribution in [0.1, 0.15) is 69.9 Å². The fourth-order valence-corrected chi connectivity index (χ4v) is 4.89. The van der Waals surface area contributed by atoms with Crippen LogP contribution in [0.5, 0.6) is 0 Å². The molecule has 3 rings (SSSR count). The van der Waals surface area contributed by atoms with Gasteiger partial charge in [0.05, 0.1) is 5.92 Å². The first-order valence-electron chi connectivity index (χ1n) is 15.3. The Kier molecular flexibility index (Phi) is 13.1. The van der Waals surface area contributed by atoms with Crippen molar-refractivity contribution in [3.05, 3.63) is 90.0 Å². The summed E-state index contributed by atoms with van der Waals surface area (Å²) in [4.78, 5) is 65.2. The maximum atomic E-state index is 13.1. The smallest absolute Gasteiger partial charge is 0.246 e. The van der Waals surface area contributed by atoms with Crippen molar-refractivity contribution in [2.45, 2.75) is 77.8 Å². The summed E-state index contributed by atoms with van der Waals surface area (Å²) < 4.78 is 0. The van der Waals surface area contributed by atoms with Crippen LogP contribution in [0.15, 0.2) is 78.9 Å². The summed E-state index contributed by atoms with van der Waals surface area (Å²) in [7, 11) is 0. The van der Waals surface area contributed by atoms with E-state index in [4.69, 9.17) is 0 Å². The number of nitrogens with one attached hydrogen (secondary N) is 3. The maximum absolute atomic E-state index is 13.1. The average molecular weight is 601 g/mol. The summed E-state index contributed by atoms with van der Waals surface area (Å²) in [5, 5.41) is 8.27. The topological polar surface area (TPSA) is 125 Å². The molecule has 1 aliphatic rings. The van der Waals surface area contributed by atoms with E-state index >= 15 is 0 Å². The number of hydrogen-bond acceptors (Lipinski definition) is 5. The normalized spacial score (nSPS) is 15.8. The first kappa shape index (κ1) is 34.0. The van der Waals surface area contributed by atoms with Gasteiger partial charge in [0.2, 0.25) is 29.5 Å². The highest BCUT2D eigenvalue weighted by Crippen LogP contribution is 2.29. The van der Waals surface area contributed by atoms with Crippen molar-refractivity contribution >= 4 is 35.2 Å². The molecule has 2 unspecified atom stereocenters. The lowest BCUT2D eigenvalue weighted by Gasteiger charge is -2.24. The largest absolute Gasteiger partial charge is 0.344 e. The lowest BCUT2D eigenvalue weighted by molar-refractivity contribution is -0.138. The van der Waals surface area contributed by atoms with Crippen molar-refractivity contribution < 1.29 is 24.0 Å². The Labute approximate surface area is 260 Å². The number of unbranched alkanes of at least 4 members (excludes halogenated alkanes) is 2. The molecular weight excluding hydrogens is 556 g/mol. The van der Waals surface area contributed by atoms with E-state index in [2.05, 4.69) is 16.0 Å². The SMILES string of the molecule is Cc1ccc(NC(=O)[C@H](C)NC(=O)C(NC(=O)CCCCCN2C(=O)CC(c3ccccccccc3)C2=O)C(C)C)cc1. The van der Waals surface area contributed by atoms with Crippen molar-refractivity contribution in [2.24, 2.45) is 5.92 Å². The predicted molar refractivity (Wildman–Crippen MR) is 171 cm³/mol. The molecule has 0 aliphatic carbocycles. The van der Waals surface area contributed by atoms with E-state index in [1.165, 1.54) is 4.90 Å². The number of carbonyl (C=O) groups excluding carboxylic acids is 5. The summed E-state index contributed by atoms with van der Waals surface area (Å²) in [6.45, 7) is 7.51. The van der Waals surface area contributed by atoms with Crippen LogP contribution in [0.4, 0.5) is 5.69 Å². The fourth-order valence-electron chi connectivity index (χ4n) is 4.89. The van der Waals surface area contributed by atoms with Crippen molar-refractivity contribution in [3.8, 4) is 0 Å². The molecule has 9 heteroatoms. The van der Waals surface area contributed by atoms with E-state index in [9.17, 15) is 24.0 Å². The van der Waals surface area contributed by atoms with Gasteiger partial charge in [0.25, 0.3) is 0 Å². The first-order chi connectivity index (χ1) is 21.1. The Balaban J connectivity index is 1.42. The van der Waals surface area contributed by atoms with E-state index in [-0.39, 0.29) is 42.4 Å². The number of carbonyl (C=O) groups is 5. The van der Waals surface area contributed by atoms with E-state index in [0.29, 0.717) is 31.5 Å². The molecule has 1 aliphatic heterocycles. The Morgan fingerprint density at radius 1 is 0.795 bits per heavy atom.